The summed E-state index contributed by atoms with van der Waals surface area (Å²) in [5.41, 5.74) is 7.34. The van der Waals surface area contributed by atoms with Crippen LogP contribution in [-0.4, -0.2) is 126 Å². The second-order valence-electron chi connectivity index (χ2n) is 13.9. The number of halogens is 2. The van der Waals surface area contributed by atoms with Crippen LogP contribution < -0.4 is 27.0 Å². The predicted octanol–water partition coefficient (Wildman–Crippen LogP) is 4.84. The van der Waals surface area contributed by atoms with E-state index in [9.17, 15) is 14.4 Å². The maximum atomic E-state index is 12.2. The molecule has 2 saturated heterocycles. The van der Waals surface area contributed by atoms with Crippen molar-refractivity contribution in [1.82, 2.24) is 40.8 Å². The minimum atomic E-state index is -0.0667. The molecule has 320 valence electrons. The molecule has 2 aliphatic heterocycles. The summed E-state index contributed by atoms with van der Waals surface area (Å²) in [5.74, 6) is 1.28. The van der Waals surface area contributed by atoms with Gasteiger partial charge in [-0.1, -0.05) is 54.2 Å². The van der Waals surface area contributed by atoms with Gasteiger partial charge in [0.15, 0.2) is 22.1 Å². The van der Waals surface area contributed by atoms with Gasteiger partial charge in [-0.3, -0.25) is 9.59 Å². The molecule has 3 aromatic rings. The highest BCUT2D eigenvalue weighted by Gasteiger charge is 2.42. The number of urea groups is 1. The van der Waals surface area contributed by atoms with Crippen molar-refractivity contribution in [2.24, 2.45) is 0 Å². The molecular formula is C38H55Cl2N9O7S2. The Morgan fingerprint density at radius 2 is 1.50 bits per heavy atom. The van der Waals surface area contributed by atoms with Crippen molar-refractivity contribution in [3.63, 3.8) is 0 Å². The van der Waals surface area contributed by atoms with Crippen LogP contribution in [0, 0.1) is 0 Å². The zero-order valence-corrected chi connectivity index (χ0v) is 35.8. The van der Waals surface area contributed by atoms with E-state index in [4.69, 9.17) is 52.9 Å². The van der Waals surface area contributed by atoms with Crippen LogP contribution in [0.4, 0.5) is 10.6 Å². The quantitative estimate of drug-likeness (QED) is 0.0468. The Bertz CT molecular complexity index is 1740. The Kier molecular flexibility index (Phi) is 20.2. The predicted molar refractivity (Wildman–Crippen MR) is 227 cm³/mol. The van der Waals surface area contributed by atoms with E-state index >= 15 is 0 Å². The molecule has 0 bridgehead atoms. The lowest BCUT2D eigenvalue weighted by Crippen LogP contribution is -2.36. The molecule has 0 saturated carbocycles. The molecule has 16 nitrogen and oxygen atoms in total. The highest BCUT2D eigenvalue weighted by Crippen LogP contribution is 2.35. The molecule has 0 radical (unpaired) electrons. The monoisotopic (exact) mass is 883 g/mol. The molecular weight excluding hydrogens is 830 g/mol. The third-order valence-electron chi connectivity index (χ3n) is 9.44. The van der Waals surface area contributed by atoms with Crippen LogP contribution in [0.1, 0.15) is 57.8 Å². The molecule has 3 atom stereocenters. The van der Waals surface area contributed by atoms with E-state index in [1.165, 1.54) is 18.1 Å². The molecule has 0 aliphatic carbocycles. The van der Waals surface area contributed by atoms with Crippen LogP contribution in [0.25, 0.3) is 11.2 Å². The maximum absolute atomic E-state index is 12.2. The standard InChI is InChI=1S/C38H55Cl2N9O7S2/c39-26-21-27(40)23-28(22-26)58-38-48-34-35(41)44-25-45-36(34)49(38)12-6-2-1-5-10-42-32(51)9-13-53-15-17-55-19-20-56-18-16-54-14-11-43-31(50)8-4-3-7-30-33-29(24-57-30)46-37(52)47-33/h21-23,25,29-30,33H,1-20,24H2,(H,42,51)(H,43,50)(H2,41,44,45)(H2,46,47,52)/t29-,30-,33-/m0/s1. The van der Waals surface area contributed by atoms with E-state index in [2.05, 4.69) is 31.2 Å². The number of nitrogens with two attached hydrogens (primary N) is 1. The van der Waals surface area contributed by atoms with Gasteiger partial charge in [0.05, 0.1) is 64.9 Å². The van der Waals surface area contributed by atoms with Crippen molar-refractivity contribution in [3.05, 3.63) is 34.6 Å². The molecule has 0 spiro atoms. The number of amides is 4. The molecule has 58 heavy (non-hydrogen) atoms. The number of unbranched alkanes of at least 4 members (excludes halogenated alkanes) is 4. The Balaban J connectivity index is 0.771. The number of hydrogen-bond donors (Lipinski definition) is 5. The fourth-order valence-corrected chi connectivity index (χ4v) is 9.73. The third-order valence-corrected chi connectivity index (χ3v) is 12.4. The Hall–Kier alpha value is -3.10. The summed E-state index contributed by atoms with van der Waals surface area (Å²) >= 11 is 15.8. The van der Waals surface area contributed by atoms with Gasteiger partial charge >= 0.3 is 6.03 Å². The summed E-state index contributed by atoms with van der Waals surface area (Å²) in [6, 6.07) is 5.75. The Morgan fingerprint density at radius 3 is 2.26 bits per heavy atom. The van der Waals surface area contributed by atoms with Crippen molar-refractivity contribution in [3.8, 4) is 0 Å². The SMILES string of the molecule is Nc1ncnc2c1nc(Sc1cc(Cl)cc(Cl)c1)n2CCCCCCNC(=O)CCOCCOCCOCCOCCNC(=O)CCCC[C@@H]1SC[C@@H]2NC(=O)N[C@@H]21. The van der Waals surface area contributed by atoms with Crippen molar-refractivity contribution < 1.29 is 33.3 Å². The summed E-state index contributed by atoms with van der Waals surface area (Å²) in [4.78, 5) is 49.9. The molecule has 20 heteroatoms. The minimum Gasteiger partial charge on any atom is -0.382 e. The first-order chi connectivity index (χ1) is 28.3. The number of thioether (sulfide) groups is 1. The van der Waals surface area contributed by atoms with E-state index < -0.39 is 0 Å². The van der Waals surface area contributed by atoms with Crippen molar-refractivity contribution in [2.45, 2.75) is 91.7 Å². The number of benzene rings is 1. The Labute approximate surface area is 357 Å². The second-order valence-corrected chi connectivity index (χ2v) is 17.1. The first-order valence-corrected chi connectivity index (χ1v) is 22.5. The van der Waals surface area contributed by atoms with Crippen LogP contribution in [0.2, 0.25) is 10.0 Å². The molecule has 0 unspecified atom stereocenters. The lowest BCUT2D eigenvalue weighted by atomic mass is 10.0. The molecule has 4 amide bonds. The number of carbonyl (C=O) groups is 3. The van der Waals surface area contributed by atoms with Crippen LogP contribution in [0.3, 0.4) is 0 Å². The summed E-state index contributed by atoms with van der Waals surface area (Å²) in [6.07, 6.45) is 8.74. The molecule has 6 N–H and O–H groups in total. The van der Waals surface area contributed by atoms with E-state index in [-0.39, 0.29) is 29.9 Å². The number of nitrogens with zero attached hydrogens (tertiary/aromatic N) is 4. The number of carbonyl (C=O) groups excluding carboxylic acids is 3. The zero-order valence-electron chi connectivity index (χ0n) is 32.7. The Morgan fingerprint density at radius 1 is 0.828 bits per heavy atom. The van der Waals surface area contributed by atoms with E-state index in [1.54, 1.807) is 6.07 Å². The molecule has 5 rings (SSSR count). The van der Waals surface area contributed by atoms with Crippen molar-refractivity contribution >= 4 is 81.6 Å². The van der Waals surface area contributed by atoms with Crippen molar-refractivity contribution in [2.75, 3.05) is 77.4 Å². The summed E-state index contributed by atoms with van der Waals surface area (Å²) in [6.45, 7) is 5.12. The molecule has 1 aromatic carbocycles. The normalized spacial score (nSPS) is 17.3. The molecule has 2 aliphatic rings. The topological polar surface area (TPSA) is 206 Å². The number of hydrogen-bond acceptors (Lipinski definition) is 13. The largest absolute Gasteiger partial charge is 0.382 e. The first-order valence-electron chi connectivity index (χ1n) is 19.9. The third kappa shape index (κ3) is 15.8. The number of aryl methyl sites for hydroxylation is 1. The number of aromatic nitrogens is 4. The molecule has 2 aromatic heterocycles. The van der Waals surface area contributed by atoms with Gasteiger partial charge in [0.1, 0.15) is 6.33 Å². The zero-order chi connectivity index (χ0) is 41.0. The van der Waals surface area contributed by atoms with Crippen LogP contribution >= 0.6 is 46.7 Å². The van der Waals surface area contributed by atoms with Crippen LogP contribution in [0.15, 0.2) is 34.6 Å². The lowest BCUT2D eigenvalue weighted by molar-refractivity contribution is -0.122. The number of ether oxygens (including phenoxy) is 4. The van der Waals surface area contributed by atoms with Gasteiger partial charge in [-0.25, -0.2) is 19.7 Å². The van der Waals surface area contributed by atoms with Crippen molar-refractivity contribution in [1.29, 1.82) is 0 Å². The second kappa shape index (κ2) is 25.5. The average molecular weight is 885 g/mol. The van der Waals surface area contributed by atoms with E-state index in [0.29, 0.717) is 118 Å². The van der Waals surface area contributed by atoms with Crippen LogP contribution in [0.5, 0.6) is 0 Å². The number of rotatable bonds is 29. The molecule has 4 heterocycles. The number of imidazole rings is 1. The highest BCUT2D eigenvalue weighted by molar-refractivity contribution is 8.00. The molecule has 2 fully saturated rings. The lowest BCUT2D eigenvalue weighted by Gasteiger charge is -2.16. The maximum Gasteiger partial charge on any atom is 0.315 e. The summed E-state index contributed by atoms with van der Waals surface area (Å²) in [5, 5.41) is 14.1. The van der Waals surface area contributed by atoms with Gasteiger partial charge in [-0.2, -0.15) is 11.8 Å². The van der Waals surface area contributed by atoms with Gasteiger partial charge in [-0.15, -0.1) is 0 Å². The summed E-state index contributed by atoms with van der Waals surface area (Å²) in [7, 11) is 0. The number of nitrogens with one attached hydrogen (secondary N) is 4. The van der Waals surface area contributed by atoms with E-state index in [0.717, 1.165) is 60.8 Å². The fraction of sp³-hybridized carbons (Fsp3) is 0.632. The summed E-state index contributed by atoms with van der Waals surface area (Å²) < 4.78 is 24.1. The van der Waals surface area contributed by atoms with Gasteiger partial charge in [0, 0.05) is 58.4 Å². The van der Waals surface area contributed by atoms with Gasteiger partial charge in [-0.05, 0) is 43.9 Å². The number of fused-ring (bicyclic) bond motifs is 2. The smallest absolute Gasteiger partial charge is 0.315 e. The van der Waals surface area contributed by atoms with Crippen LogP contribution in [-0.2, 0) is 35.1 Å². The minimum absolute atomic E-state index is 0.0316. The number of anilines is 1. The fourth-order valence-electron chi connectivity index (χ4n) is 6.52. The van der Waals surface area contributed by atoms with E-state index in [1.807, 2.05) is 28.5 Å². The first kappa shape index (κ1) is 46.0. The number of nitrogen functional groups attached to an aromatic ring is 1. The van der Waals surface area contributed by atoms with Gasteiger partial charge in [0.25, 0.3) is 0 Å². The highest BCUT2D eigenvalue weighted by atomic mass is 35.5. The average Bonchev–Trinajstić information content (AvgIpc) is 3.86. The van der Waals surface area contributed by atoms with Gasteiger partial charge < -0.3 is 50.5 Å². The van der Waals surface area contributed by atoms with Gasteiger partial charge in [0.2, 0.25) is 11.8 Å².